The van der Waals surface area contributed by atoms with E-state index in [1.54, 1.807) is 12.2 Å². The summed E-state index contributed by atoms with van der Waals surface area (Å²) in [5.74, 6) is -0.843. The van der Waals surface area contributed by atoms with E-state index in [0.717, 1.165) is 21.5 Å². The second-order valence-electron chi connectivity index (χ2n) is 11.9. The van der Waals surface area contributed by atoms with Crippen molar-refractivity contribution in [3.63, 3.8) is 0 Å². The van der Waals surface area contributed by atoms with E-state index in [2.05, 4.69) is 0 Å². The first-order chi connectivity index (χ1) is 22.9. The summed E-state index contributed by atoms with van der Waals surface area (Å²) in [6.45, 7) is 0.261. The quantitative estimate of drug-likeness (QED) is 0.126. The van der Waals surface area contributed by atoms with E-state index in [4.69, 9.17) is 9.47 Å². The standard InChI is InChI=1S/C38H38N2O6Si.2Li/c41-35(39-31(27-45-37(39)43)25-29-13-5-1-6-14-29)21-23-47(33-17-9-3-10-18-33,34-19-11-4-12-20-34)24-22-36(42)40-32(28-46-38(40)44)26-30-15-7-2-8-16-30;;/h1-22,31-32,41-42H,23-28H2;;/q;2*+1/p-2/b35-21-,36-22-;;/t31-,32-;;/m1../s1. The van der Waals surface area contributed by atoms with Crippen LogP contribution in [0.1, 0.15) is 11.1 Å². The third kappa shape index (κ3) is 8.75. The van der Waals surface area contributed by atoms with Gasteiger partial charge in [0.15, 0.2) is 0 Å². The Morgan fingerprint density at radius 2 is 0.918 bits per heavy atom. The molecule has 2 heterocycles. The van der Waals surface area contributed by atoms with Gasteiger partial charge < -0.3 is 19.7 Å². The molecule has 8 nitrogen and oxygen atoms in total. The summed E-state index contributed by atoms with van der Waals surface area (Å²) in [5, 5.41) is 29.7. The summed E-state index contributed by atoms with van der Waals surface area (Å²) >= 11 is 0. The molecule has 0 unspecified atom stereocenters. The first kappa shape index (κ1) is 37.7. The Morgan fingerprint density at radius 1 is 0.592 bits per heavy atom. The van der Waals surface area contributed by atoms with Crippen molar-refractivity contribution < 1.29 is 67.0 Å². The average Bonchev–Trinajstić information content (AvgIpc) is 3.67. The van der Waals surface area contributed by atoms with Crippen LogP contribution in [-0.4, -0.2) is 55.4 Å². The van der Waals surface area contributed by atoms with E-state index >= 15 is 0 Å². The number of hydrogen-bond donors (Lipinski definition) is 0. The number of carbonyl (C=O) groups is 2. The zero-order valence-electron chi connectivity index (χ0n) is 27.9. The van der Waals surface area contributed by atoms with Crippen LogP contribution in [0.25, 0.3) is 0 Å². The van der Waals surface area contributed by atoms with Crippen LogP contribution in [0.15, 0.2) is 145 Å². The van der Waals surface area contributed by atoms with Gasteiger partial charge in [-0.1, -0.05) is 144 Å². The molecule has 0 aromatic heterocycles. The Hall–Kier alpha value is -4.09. The number of amides is 2. The number of ether oxygens (including phenoxy) is 2. The Morgan fingerprint density at radius 3 is 1.27 bits per heavy atom. The maximum Gasteiger partial charge on any atom is 1.00 e. The molecule has 49 heavy (non-hydrogen) atoms. The number of benzene rings is 4. The van der Waals surface area contributed by atoms with E-state index in [-0.39, 0.29) is 50.9 Å². The smallest absolute Gasteiger partial charge is 0.860 e. The van der Waals surface area contributed by atoms with Crippen molar-refractivity contribution >= 4 is 30.6 Å². The van der Waals surface area contributed by atoms with Crippen molar-refractivity contribution in [2.24, 2.45) is 0 Å². The SMILES string of the molecule is O=C1OC[C@@H](Cc2ccccc2)N1/C([O-])=C/C[Si](C/C=C(\[O-])N1C(=O)OC[C@H]1Cc1ccccc1)(c1ccccc1)c1ccccc1.[Li+].[Li+]. The molecule has 0 aliphatic carbocycles. The van der Waals surface area contributed by atoms with Crippen LogP contribution >= 0.6 is 0 Å². The molecule has 0 bridgehead atoms. The number of nitrogens with zero attached hydrogens (tertiary/aromatic N) is 2. The first-order valence-corrected chi connectivity index (χ1v) is 18.2. The van der Waals surface area contributed by atoms with E-state index in [1.807, 2.05) is 121 Å². The molecule has 11 heteroatoms. The molecule has 2 atom stereocenters. The van der Waals surface area contributed by atoms with Crippen LogP contribution in [0.4, 0.5) is 9.59 Å². The predicted octanol–water partition coefficient (Wildman–Crippen LogP) is -2.21. The summed E-state index contributed by atoms with van der Waals surface area (Å²) in [7, 11) is -2.92. The van der Waals surface area contributed by atoms with Crippen LogP contribution in [0, 0.1) is 0 Å². The zero-order chi connectivity index (χ0) is 32.6. The van der Waals surface area contributed by atoms with Gasteiger partial charge in [-0.25, -0.2) is 9.59 Å². The molecule has 0 spiro atoms. The van der Waals surface area contributed by atoms with E-state index in [1.165, 1.54) is 9.80 Å². The molecular formula is C38H36Li2N2O6Si. The second kappa shape index (κ2) is 17.5. The molecule has 2 aliphatic heterocycles. The van der Waals surface area contributed by atoms with Gasteiger partial charge >= 0.3 is 49.9 Å². The summed E-state index contributed by atoms with van der Waals surface area (Å²) in [4.78, 5) is 28.0. The van der Waals surface area contributed by atoms with E-state index in [0.29, 0.717) is 24.9 Å². The second-order valence-corrected chi connectivity index (χ2v) is 16.0. The Labute approximate surface area is 312 Å². The van der Waals surface area contributed by atoms with E-state index in [9.17, 15) is 19.8 Å². The van der Waals surface area contributed by atoms with Crippen LogP contribution < -0.4 is 58.3 Å². The predicted molar refractivity (Wildman–Crippen MR) is 178 cm³/mol. The molecule has 6 rings (SSSR count). The summed E-state index contributed by atoms with van der Waals surface area (Å²) in [5.41, 5.74) is 2.01. The summed E-state index contributed by atoms with van der Waals surface area (Å²) < 4.78 is 10.7. The van der Waals surface area contributed by atoms with Gasteiger partial charge in [0.05, 0.1) is 12.1 Å². The monoisotopic (exact) mass is 658 g/mol. The van der Waals surface area contributed by atoms with Crippen molar-refractivity contribution in [1.82, 2.24) is 9.80 Å². The molecule has 0 N–H and O–H groups in total. The number of carbonyl (C=O) groups excluding carboxylic acids is 2. The summed E-state index contributed by atoms with van der Waals surface area (Å²) in [6.07, 6.45) is 2.83. The van der Waals surface area contributed by atoms with Gasteiger partial charge in [-0.2, -0.15) is 0 Å². The van der Waals surface area contributed by atoms with Crippen molar-refractivity contribution in [3.05, 3.63) is 156 Å². The molecule has 4 aromatic rings. The molecule has 2 saturated heterocycles. The third-order valence-corrected chi connectivity index (χ3v) is 13.6. The van der Waals surface area contributed by atoms with Crippen molar-refractivity contribution in [1.29, 1.82) is 0 Å². The van der Waals surface area contributed by atoms with Crippen LogP contribution in [0.2, 0.25) is 12.1 Å². The minimum absolute atomic E-state index is 0. The topological polar surface area (TPSA) is 105 Å². The number of cyclic esters (lactones) is 2. The Kier molecular flexibility index (Phi) is 13.5. The van der Waals surface area contributed by atoms with Crippen LogP contribution in [0.5, 0.6) is 0 Å². The maximum atomic E-state index is 13.8. The zero-order valence-corrected chi connectivity index (χ0v) is 28.9. The molecule has 2 aliphatic rings. The molecule has 4 aromatic carbocycles. The average molecular weight is 659 g/mol. The first-order valence-electron chi connectivity index (χ1n) is 15.8. The van der Waals surface area contributed by atoms with E-state index < -0.39 is 44.1 Å². The number of allylic oxidation sites excluding steroid dienone is 2. The fraction of sp³-hybridized carbons (Fsp3) is 0.211. The fourth-order valence-corrected chi connectivity index (χ4v) is 10.6. The van der Waals surface area contributed by atoms with Crippen molar-refractivity contribution in [2.45, 2.75) is 37.0 Å². The van der Waals surface area contributed by atoms with Crippen LogP contribution in [-0.2, 0) is 22.3 Å². The van der Waals surface area contributed by atoms with Gasteiger partial charge in [-0.15, -0.1) is 0 Å². The minimum atomic E-state index is -2.92. The van der Waals surface area contributed by atoms with Gasteiger partial charge in [0.2, 0.25) is 0 Å². The molecule has 0 radical (unpaired) electrons. The van der Waals surface area contributed by atoms with Gasteiger partial charge in [-0.3, -0.25) is 9.80 Å². The Bertz CT molecular complexity index is 1600. The van der Waals surface area contributed by atoms with Crippen molar-refractivity contribution in [3.8, 4) is 0 Å². The summed E-state index contributed by atoms with van der Waals surface area (Å²) in [6, 6.07) is 39.0. The van der Waals surface area contributed by atoms with Gasteiger partial charge in [-0.05, 0) is 47.8 Å². The molecular weight excluding hydrogens is 622 g/mol. The third-order valence-electron chi connectivity index (χ3n) is 8.93. The van der Waals surface area contributed by atoms with Gasteiger partial charge in [0, 0.05) is 0 Å². The largest absolute Gasteiger partial charge is 1.00 e. The van der Waals surface area contributed by atoms with Gasteiger partial charge in [0.25, 0.3) is 0 Å². The maximum absolute atomic E-state index is 13.8. The molecule has 2 fully saturated rings. The van der Waals surface area contributed by atoms with Crippen molar-refractivity contribution in [2.75, 3.05) is 13.2 Å². The molecule has 0 saturated carbocycles. The normalized spacial score (nSPS) is 18.0. The number of rotatable bonds is 12. The Balaban J connectivity index is 0.00000270. The molecule has 2 amide bonds. The molecule has 240 valence electrons. The van der Waals surface area contributed by atoms with Crippen LogP contribution in [0.3, 0.4) is 0 Å². The number of hydrogen-bond acceptors (Lipinski definition) is 6. The van der Waals surface area contributed by atoms with Gasteiger partial charge in [0.1, 0.15) is 21.3 Å². The fourth-order valence-electron chi connectivity index (χ4n) is 6.49. The minimum Gasteiger partial charge on any atom is -0.860 e.